The Morgan fingerprint density at radius 1 is 1.24 bits per heavy atom. The van der Waals surface area contributed by atoms with Crippen molar-refractivity contribution in [3.63, 3.8) is 0 Å². The second-order valence-electron chi connectivity index (χ2n) is 8.33. The van der Waals surface area contributed by atoms with E-state index in [-0.39, 0.29) is 23.6 Å². The predicted molar refractivity (Wildman–Crippen MR) is 130 cm³/mol. The summed E-state index contributed by atoms with van der Waals surface area (Å²) in [5.74, 6) is 0.822. The number of hydrogen-bond acceptors (Lipinski definition) is 6. The van der Waals surface area contributed by atoms with E-state index in [9.17, 15) is 9.59 Å². The third kappa shape index (κ3) is 4.25. The largest absolute Gasteiger partial charge is 0.360 e. The van der Waals surface area contributed by atoms with Crippen LogP contribution in [0.15, 0.2) is 56.9 Å². The van der Waals surface area contributed by atoms with Gasteiger partial charge in [-0.3, -0.25) is 14.6 Å². The number of pyridine rings is 2. The second-order valence-corrected chi connectivity index (χ2v) is 9.78. The molecule has 1 saturated carbocycles. The summed E-state index contributed by atoms with van der Waals surface area (Å²) >= 11 is 8.02. The van der Waals surface area contributed by atoms with Gasteiger partial charge in [0.2, 0.25) is 5.91 Å². The van der Waals surface area contributed by atoms with Gasteiger partial charge in [-0.25, -0.2) is 0 Å². The van der Waals surface area contributed by atoms with Crippen molar-refractivity contribution in [2.45, 2.75) is 49.6 Å². The van der Waals surface area contributed by atoms with Gasteiger partial charge < -0.3 is 14.4 Å². The first kappa shape index (κ1) is 22.0. The van der Waals surface area contributed by atoms with E-state index >= 15 is 0 Å². The fourth-order valence-corrected chi connectivity index (χ4v) is 5.67. The molecular weight excluding hydrogens is 460 g/mol. The van der Waals surface area contributed by atoms with Crippen LogP contribution in [0.5, 0.6) is 0 Å². The Morgan fingerprint density at radius 3 is 2.88 bits per heavy atom. The van der Waals surface area contributed by atoms with Gasteiger partial charge in [0.05, 0.1) is 16.3 Å². The van der Waals surface area contributed by atoms with Gasteiger partial charge in [0.15, 0.2) is 0 Å². The highest BCUT2D eigenvalue weighted by molar-refractivity contribution is 8.00. The molecule has 1 aliphatic rings. The Morgan fingerprint density at radius 2 is 2.06 bits per heavy atom. The van der Waals surface area contributed by atoms with Crippen LogP contribution >= 0.6 is 23.4 Å². The number of amides is 1. The number of nitrogens with one attached hydrogen (secondary N) is 1. The molecule has 0 bridgehead atoms. The third-order valence-corrected chi connectivity index (χ3v) is 7.51. The fourth-order valence-electron chi connectivity index (χ4n) is 4.72. The molecule has 2 unspecified atom stereocenters. The average molecular weight is 483 g/mol. The first-order chi connectivity index (χ1) is 16.0. The van der Waals surface area contributed by atoms with Crippen molar-refractivity contribution in [3.05, 3.63) is 63.9 Å². The maximum Gasteiger partial charge on any atom is 0.264 e. The first-order valence-corrected chi connectivity index (χ1v) is 12.3. The van der Waals surface area contributed by atoms with Crippen LogP contribution in [-0.2, 0) is 4.79 Å². The molecule has 2 atom stereocenters. The molecule has 1 aliphatic carbocycles. The molecule has 1 N–H and O–H groups in total. The summed E-state index contributed by atoms with van der Waals surface area (Å²) in [6.07, 6.45) is 6.79. The summed E-state index contributed by atoms with van der Waals surface area (Å²) < 4.78 is 7.18. The van der Waals surface area contributed by atoms with Crippen LogP contribution in [0.25, 0.3) is 21.8 Å². The second kappa shape index (κ2) is 9.19. The Kier molecular flexibility index (Phi) is 6.12. The van der Waals surface area contributed by atoms with Crippen LogP contribution in [0.2, 0.25) is 5.02 Å². The minimum absolute atomic E-state index is 0.00644. The lowest BCUT2D eigenvalue weighted by atomic mass is 9.90. The SMILES string of the molecule is Cc1onc2c1c(=O)n(C1CCCC(NC(=O)CSc3ccncc3)C1)c1cccc(Cl)c21. The third-order valence-electron chi connectivity index (χ3n) is 6.18. The molecule has 0 spiro atoms. The zero-order valence-corrected chi connectivity index (χ0v) is 19.7. The molecule has 3 heterocycles. The number of rotatable bonds is 5. The van der Waals surface area contributed by atoms with Gasteiger partial charge in [-0.2, -0.15) is 0 Å². The van der Waals surface area contributed by atoms with E-state index in [0.29, 0.717) is 33.9 Å². The highest BCUT2D eigenvalue weighted by Gasteiger charge is 2.28. The molecule has 1 fully saturated rings. The molecule has 170 valence electrons. The summed E-state index contributed by atoms with van der Waals surface area (Å²) in [6, 6.07) is 9.28. The summed E-state index contributed by atoms with van der Waals surface area (Å²) in [7, 11) is 0. The van der Waals surface area contributed by atoms with Gasteiger partial charge in [0.25, 0.3) is 5.56 Å². The number of carbonyl (C=O) groups is 1. The molecule has 4 aromatic rings. The summed E-state index contributed by atoms with van der Waals surface area (Å²) in [5, 5.41) is 9.01. The molecule has 0 saturated heterocycles. The summed E-state index contributed by atoms with van der Waals surface area (Å²) in [4.78, 5) is 31.1. The van der Waals surface area contributed by atoms with Crippen molar-refractivity contribution in [1.82, 2.24) is 20.0 Å². The van der Waals surface area contributed by atoms with E-state index in [4.69, 9.17) is 16.1 Å². The number of halogens is 1. The number of carbonyl (C=O) groups excluding carboxylic acids is 1. The lowest BCUT2D eigenvalue weighted by Crippen LogP contribution is -2.41. The quantitative estimate of drug-likeness (QED) is 0.407. The standard InChI is InChI=1S/C24H23ClN4O3S/c1-14-21-23(28-32-14)22-18(25)6-3-7-19(22)29(24(21)31)16-5-2-4-15(12-16)27-20(30)13-33-17-8-10-26-11-9-17/h3,6-11,15-16H,2,4-5,12-13H2,1H3,(H,27,30). The van der Waals surface area contributed by atoms with E-state index in [2.05, 4.69) is 15.5 Å². The molecule has 0 aliphatic heterocycles. The predicted octanol–water partition coefficient (Wildman–Crippen LogP) is 4.89. The number of benzene rings is 1. The Bertz CT molecular complexity index is 1390. The molecular formula is C24H23ClN4O3S. The van der Waals surface area contributed by atoms with Crippen molar-refractivity contribution in [2.75, 3.05) is 5.75 Å². The van der Waals surface area contributed by atoms with E-state index < -0.39 is 0 Å². The van der Waals surface area contributed by atoms with Crippen LogP contribution in [0.1, 0.15) is 37.5 Å². The highest BCUT2D eigenvalue weighted by Crippen LogP contribution is 2.35. The first-order valence-electron chi connectivity index (χ1n) is 10.9. The number of fused-ring (bicyclic) bond motifs is 3. The summed E-state index contributed by atoms with van der Waals surface area (Å²) in [6.45, 7) is 1.74. The molecule has 5 rings (SSSR count). The molecule has 9 heteroatoms. The van der Waals surface area contributed by atoms with Crippen LogP contribution in [-0.4, -0.2) is 32.4 Å². The van der Waals surface area contributed by atoms with Crippen molar-refractivity contribution in [2.24, 2.45) is 0 Å². The van der Waals surface area contributed by atoms with Crippen LogP contribution < -0.4 is 10.9 Å². The van der Waals surface area contributed by atoms with Crippen molar-refractivity contribution >= 4 is 51.1 Å². The van der Waals surface area contributed by atoms with E-state index in [1.54, 1.807) is 25.4 Å². The van der Waals surface area contributed by atoms with E-state index in [0.717, 1.165) is 35.1 Å². The van der Waals surface area contributed by atoms with Crippen LogP contribution in [0.4, 0.5) is 0 Å². The van der Waals surface area contributed by atoms with E-state index in [1.807, 2.05) is 28.8 Å². The number of nitrogens with zero attached hydrogens (tertiary/aromatic N) is 3. The molecule has 3 aromatic heterocycles. The minimum atomic E-state index is -0.122. The lowest BCUT2D eigenvalue weighted by Gasteiger charge is -2.32. The Balaban J connectivity index is 1.41. The van der Waals surface area contributed by atoms with Crippen LogP contribution in [0.3, 0.4) is 0 Å². The Labute approximate surface area is 199 Å². The zero-order valence-electron chi connectivity index (χ0n) is 18.1. The van der Waals surface area contributed by atoms with Crippen LogP contribution in [0, 0.1) is 6.92 Å². The van der Waals surface area contributed by atoms with Crippen molar-refractivity contribution in [1.29, 1.82) is 0 Å². The van der Waals surface area contributed by atoms with Gasteiger partial charge in [-0.05, 0) is 56.9 Å². The van der Waals surface area contributed by atoms with Gasteiger partial charge in [-0.1, -0.05) is 22.8 Å². The van der Waals surface area contributed by atoms with Crippen molar-refractivity contribution in [3.8, 4) is 0 Å². The number of hydrogen-bond donors (Lipinski definition) is 1. The monoisotopic (exact) mass is 482 g/mol. The normalized spacial score (nSPS) is 18.6. The number of thioether (sulfide) groups is 1. The molecule has 33 heavy (non-hydrogen) atoms. The molecule has 1 aromatic carbocycles. The molecule has 0 radical (unpaired) electrons. The molecule has 7 nitrogen and oxygen atoms in total. The minimum Gasteiger partial charge on any atom is -0.360 e. The number of aromatic nitrogens is 3. The van der Waals surface area contributed by atoms with Gasteiger partial charge in [-0.15, -0.1) is 11.8 Å². The topological polar surface area (TPSA) is 90.0 Å². The maximum atomic E-state index is 13.5. The van der Waals surface area contributed by atoms with Gasteiger partial charge in [0.1, 0.15) is 16.7 Å². The molecule has 1 amide bonds. The maximum absolute atomic E-state index is 13.5. The van der Waals surface area contributed by atoms with Gasteiger partial charge in [0, 0.05) is 34.8 Å². The van der Waals surface area contributed by atoms with Gasteiger partial charge >= 0.3 is 0 Å². The zero-order chi connectivity index (χ0) is 22.9. The number of aryl methyl sites for hydroxylation is 1. The highest BCUT2D eigenvalue weighted by atomic mass is 35.5. The smallest absolute Gasteiger partial charge is 0.264 e. The average Bonchev–Trinajstić information content (AvgIpc) is 3.20. The van der Waals surface area contributed by atoms with E-state index in [1.165, 1.54) is 11.8 Å². The summed E-state index contributed by atoms with van der Waals surface area (Å²) in [5.41, 5.74) is 1.13. The van der Waals surface area contributed by atoms with Crippen molar-refractivity contribution < 1.29 is 9.32 Å². The Hall–Kier alpha value is -2.84. The lowest BCUT2D eigenvalue weighted by molar-refractivity contribution is -0.119. The fraction of sp³-hybridized carbons (Fsp3) is 0.333.